The van der Waals surface area contributed by atoms with Crippen molar-refractivity contribution in [3.63, 3.8) is 0 Å². The molecule has 0 aliphatic carbocycles. The maximum absolute atomic E-state index is 12.1. The van der Waals surface area contributed by atoms with Gasteiger partial charge in [-0.25, -0.2) is 0 Å². The number of anilines is 1. The summed E-state index contributed by atoms with van der Waals surface area (Å²) in [5.41, 5.74) is 0.738. The molecule has 0 atom stereocenters. The molecule has 2 rings (SSSR count). The third kappa shape index (κ3) is 4.36. The molecular formula is C16H25N2O3+. The number of carbonyl (C=O) groups is 1. The molecular weight excluding hydrogens is 268 g/mol. The van der Waals surface area contributed by atoms with E-state index in [1.165, 1.54) is 17.7 Å². The van der Waals surface area contributed by atoms with E-state index >= 15 is 0 Å². The molecule has 1 aliphatic rings. The number of hydrogen-bond donors (Lipinski definition) is 2. The average molecular weight is 293 g/mol. The van der Waals surface area contributed by atoms with Gasteiger partial charge in [0.25, 0.3) is 5.91 Å². The predicted molar refractivity (Wildman–Crippen MR) is 82.1 cm³/mol. The van der Waals surface area contributed by atoms with Crippen molar-refractivity contribution in [2.24, 2.45) is 5.92 Å². The van der Waals surface area contributed by atoms with Crippen molar-refractivity contribution in [1.82, 2.24) is 0 Å². The first-order valence-corrected chi connectivity index (χ1v) is 7.47. The van der Waals surface area contributed by atoms with E-state index in [9.17, 15) is 4.79 Å². The van der Waals surface area contributed by atoms with Crippen molar-refractivity contribution in [2.75, 3.05) is 39.2 Å². The Labute approximate surface area is 126 Å². The van der Waals surface area contributed by atoms with Crippen LogP contribution in [0.25, 0.3) is 0 Å². The van der Waals surface area contributed by atoms with Gasteiger partial charge in [0.1, 0.15) is 0 Å². The van der Waals surface area contributed by atoms with Gasteiger partial charge in [0.15, 0.2) is 18.0 Å². The second-order valence-electron chi connectivity index (χ2n) is 5.73. The summed E-state index contributed by atoms with van der Waals surface area (Å²) in [4.78, 5) is 13.5. The summed E-state index contributed by atoms with van der Waals surface area (Å²) in [6.45, 7) is 4.97. The number of carbonyl (C=O) groups excluding carboxylic acids is 1. The van der Waals surface area contributed by atoms with E-state index in [4.69, 9.17) is 9.47 Å². The van der Waals surface area contributed by atoms with Gasteiger partial charge in [-0.3, -0.25) is 4.79 Å². The van der Waals surface area contributed by atoms with Crippen LogP contribution in [0.4, 0.5) is 5.69 Å². The summed E-state index contributed by atoms with van der Waals surface area (Å²) in [5.74, 6) is 2.12. The van der Waals surface area contributed by atoms with Crippen molar-refractivity contribution in [3.8, 4) is 11.5 Å². The SMILES string of the molecule is COc1ccc(NC(=O)C[NH+]2CCC(C)CC2)cc1OC. The molecule has 116 valence electrons. The van der Waals surface area contributed by atoms with Crippen LogP contribution in [0.3, 0.4) is 0 Å². The van der Waals surface area contributed by atoms with E-state index in [-0.39, 0.29) is 5.91 Å². The molecule has 0 aromatic heterocycles. The van der Waals surface area contributed by atoms with E-state index in [0.717, 1.165) is 24.7 Å². The van der Waals surface area contributed by atoms with Crippen LogP contribution in [0, 0.1) is 5.92 Å². The number of likely N-dealkylation sites (tertiary alicyclic amines) is 1. The van der Waals surface area contributed by atoms with Crippen LogP contribution in [-0.4, -0.2) is 39.8 Å². The van der Waals surface area contributed by atoms with Gasteiger partial charge in [0.2, 0.25) is 0 Å². The lowest BCUT2D eigenvalue weighted by Crippen LogP contribution is -3.14. The van der Waals surface area contributed by atoms with Gasteiger partial charge in [-0.05, 0) is 30.9 Å². The molecule has 0 radical (unpaired) electrons. The van der Waals surface area contributed by atoms with Crippen LogP contribution >= 0.6 is 0 Å². The van der Waals surface area contributed by atoms with E-state index in [1.807, 2.05) is 6.07 Å². The molecule has 1 aromatic carbocycles. The molecule has 0 spiro atoms. The molecule has 1 aliphatic heterocycles. The number of nitrogens with one attached hydrogen (secondary N) is 2. The highest BCUT2D eigenvalue weighted by atomic mass is 16.5. The molecule has 5 heteroatoms. The van der Waals surface area contributed by atoms with Crippen molar-refractivity contribution in [2.45, 2.75) is 19.8 Å². The van der Waals surface area contributed by atoms with E-state index in [2.05, 4.69) is 12.2 Å². The predicted octanol–water partition coefficient (Wildman–Crippen LogP) is 0.957. The van der Waals surface area contributed by atoms with Crippen LogP contribution < -0.4 is 19.7 Å². The number of rotatable bonds is 5. The number of quaternary nitrogens is 1. The Hall–Kier alpha value is -1.75. The van der Waals surface area contributed by atoms with Gasteiger partial charge in [-0.1, -0.05) is 6.92 Å². The molecule has 21 heavy (non-hydrogen) atoms. The van der Waals surface area contributed by atoms with E-state index in [0.29, 0.717) is 18.0 Å². The monoisotopic (exact) mass is 293 g/mol. The lowest BCUT2D eigenvalue weighted by Gasteiger charge is -2.26. The Bertz CT molecular complexity index is 482. The topological polar surface area (TPSA) is 52.0 Å². The first-order chi connectivity index (χ1) is 10.1. The number of amides is 1. The highest BCUT2D eigenvalue weighted by Crippen LogP contribution is 2.29. The van der Waals surface area contributed by atoms with Crippen LogP contribution in [0.15, 0.2) is 18.2 Å². The first-order valence-electron chi connectivity index (χ1n) is 7.47. The van der Waals surface area contributed by atoms with Crippen LogP contribution in [0.5, 0.6) is 11.5 Å². The highest BCUT2D eigenvalue weighted by Gasteiger charge is 2.21. The number of methoxy groups -OCH3 is 2. The fourth-order valence-corrected chi connectivity index (χ4v) is 2.69. The second kappa shape index (κ2) is 7.31. The van der Waals surface area contributed by atoms with Gasteiger partial charge in [-0.2, -0.15) is 0 Å². The summed E-state index contributed by atoms with van der Waals surface area (Å²) in [5, 5.41) is 2.93. The van der Waals surface area contributed by atoms with Gasteiger partial charge >= 0.3 is 0 Å². The zero-order valence-electron chi connectivity index (χ0n) is 13.1. The summed E-state index contributed by atoms with van der Waals surface area (Å²) < 4.78 is 10.4. The minimum atomic E-state index is 0.0479. The van der Waals surface area contributed by atoms with E-state index < -0.39 is 0 Å². The van der Waals surface area contributed by atoms with Crippen LogP contribution in [-0.2, 0) is 4.79 Å². The Morgan fingerprint density at radius 2 is 1.90 bits per heavy atom. The minimum absolute atomic E-state index is 0.0479. The molecule has 2 N–H and O–H groups in total. The summed E-state index contributed by atoms with van der Waals surface area (Å²) in [6, 6.07) is 5.40. The van der Waals surface area contributed by atoms with Crippen LogP contribution in [0.2, 0.25) is 0 Å². The molecule has 5 nitrogen and oxygen atoms in total. The van der Waals surface area contributed by atoms with Gasteiger partial charge in [-0.15, -0.1) is 0 Å². The molecule has 0 bridgehead atoms. The Morgan fingerprint density at radius 1 is 1.24 bits per heavy atom. The van der Waals surface area contributed by atoms with Crippen molar-refractivity contribution < 1.29 is 19.2 Å². The summed E-state index contributed by atoms with van der Waals surface area (Å²) in [6.07, 6.45) is 2.41. The number of hydrogen-bond acceptors (Lipinski definition) is 3. The van der Waals surface area contributed by atoms with Gasteiger partial charge < -0.3 is 19.7 Å². The quantitative estimate of drug-likeness (QED) is 0.850. The van der Waals surface area contributed by atoms with Crippen molar-refractivity contribution in [3.05, 3.63) is 18.2 Å². The number of benzene rings is 1. The van der Waals surface area contributed by atoms with E-state index in [1.54, 1.807) is 26.4 Å². The molecule has 1 aromatic rings. The fraction of sp³-hybridized carbons (Fsp3) is 0.562. The number of piperidine rings is 1. The highest BCUT2D eigenvalue weighted by molar-refractivity contribution is 5.91. The summed E-state index contributed by atoms with van der Waals surface area (Å²) >= 11 is 0. The molecule has 1 heterocycles. The number of ether oxygens (including phenoxy) is 2. The fourth-order valence-electron chi connectivity index (χ4n) is 2.69. The molecule has 1 saturated heterocycles. The van der Waals surface area contributed by atoms with Crippen LogP contribution in [0.1, 0.15) is 19.8 Å². The lowest BCUT2D eigenvalue weighted by molar-refractivity contribution is -0.897. The standard InChI is InChI=1S/C16H24N2O3/c1-12-6-8-18(9-7-12)11-16(19)17-13-4-5-14(20-2)15(10-13)21-3/h4-5,10,12H,6-9,11H2,1-3H3,(H,17,19)/p+1. The van der Waals surface area contributed by atoms with Gasteiger partial charge in [0, 0.05) is 11.8 Å². The molecule has 1 fully saturated rings. The minimum Gasteiger partial charge on any atom is -0.493 e. The average Bonchev–Trinajstić information content (AvgIpc) is 2.49. The third-order valence-corrected chi connectivity index (χ3v) is 4.06. The Morgan fingerprint density at radius 3 is 2.52 bits per heavy atom. The first kappa shape index (κ1) is 15.6. The maximum atomic E-state index is 12.1. The van der Waals surface area contributed by atoms with Crippen molar-refractivity contribution in [1.29, 1.82) is 0 Å². The Kier molecular flexibility index (Phi) is 5.44. The molecule has 0 saturated carbocycles. The van der Waals surface area contributed by atoms with Crippen molar-refractivity contribution >= 4 is 11.6 Å². The van der Waals surface area contributed by atoms with Gasteiger partial charge in [0.05, 0.1) is 27.3 Å². The maximum Gasteiger partial charge on any atom is 0.279 e. The lowest BCUT2D eigenvalue weighted by atomic mass is 9.99. The zero-order valence-corrected chi connectivity index (χ0v) is 13.1. The Balaban J connectivity index is 1.90. The normalized spacial score (nSPS) is 21.7. The molecule has 0 unspecified atom stereocenters. The largest absolute Gasteiger partial charge is 0.493 e. The smallest absolute Gasteiger partial charge is 0.279 e. The molecule has 1 amide bonds. The second-order valence-corrected chi connectivity index (χ2v) is 5.73. The summed E-state index contributed by atoms with van der Waals surface area (Å²) in [7, 11) is 3.18. The third-order valence-electron chi connectivity index (χ3n) is 4.06. The zero-order chi connectivity index (χ0) is 15.2.